The summed E-state index contributed by atoms with van der Waals surface area (Å²) in [7, 11) is 0. The molecule has 3 heteroatoms. The maximum absolute atomic E-state index is 2.41. The van der Waals surface area contributed by atoms with Crippen LogP contribution in [0.15, 0.2) is 29.8 Å². The minimum absolute atomic E-state index is 0. The Hall–Kier alpha value is -0.160. The fourth-order valence-corrected chi connectivity index (χ4v) is 3.48. The van der Waals surface area contributed by atoms with Gasteiger partial charge in [0.15, 0.2) is 0 Å². The van der Waals surface area contributed by atoms with Crippen molar-refractivity contribution in [3.8, 4) is 0 Å². The monoisotopic (exact) mass is 403 g/mol. The van der Waals surface area contributed by atoms with Gasteiger partial charge in [-0.15, -0.1) is 0 Å². The lowest BCUT2D eigenvalue weighted by atomic mass is 10.1. The van der Waals surface area contributed by atoms with Gasteiger partial charge in [0.1, 0.15) is 11.2 Å². The Morgan fingerprint density at radius 3 is 2.30 bits per heavy atom. The van der Waals surface area contributed by atoms with Gasteiger partial charge in [-0.05, 0) is 12.5 Å². The van der Waals surface area contributed by atoms with Gasteiger partial charge in [-0.2, -0.15) is 4.57 Å². The van der Waals surface area contributed by atoms with E-state index in [0.29, 0.717) is 0 Å². The molecule has 0 aliphatic carbocycles. The summed E-state index contributed by atoms with van der Waals surface area (Å²) < 4.78 is 3.82. The molecular weight excluding hydrogens is 377 g/mol. The van der Waals surface area contributed by atoms with Crippen LogP contribution < -0.4 is 28.5 Å². The number of hydrogen-bond donors (Lipinski definition) is 0. The van der Waals surface area contributed by atoms with Crippen molar-refractivity contribution >= 4 is 21.6 Å². The standard InChI is InChI=1S/C17H26NS.HI/c1-2-3-4-5-6-7-8-11-14-18-15-19-17-13-10-9-12-16(17)18;/h9-10,12-13,15H,2-8,11,14H2,1H3;1H/q+1;/p-1. The lowest BCUT2D eigenvalue weighted by molar-refractivity contribution is -0.667. The van der Waals surface area contributed by atoms with Crippen LogP contribution in [0.4, 0.5) is 0 Å². The zero-order valence-electron chi connectivity index (χ0n) is 12.5. The molecule has 0 radical (unpaired) electrons. The van der Waals surface area contributed by atoms with Crippen LogP contribution in [0.5, 0.6) is 0 Å². The van der Waals surface area contributed by atoms with E-state index in [1.54, 1.807) is 0 Å². The Morgan fingerprint density at radius 2 is 1.55 bits per heavy atom. The molecule has 0 bridgehead atoms. The second-order valence-corrected chi connectivity index (χ2v) is 6.25. The number of aromatic nitrogens is 1. The molecule has 1 heterocycles. The van der Waals surface area contributed by atoms with E-state index in [4.69, 9.17) is 0 Å². The zero-order chi connectivity index (χ0) is 13.3. The number of para-hydroxylation sites is 1. The van der Waals surface area contributed by atoms with E-state index >= 15 is 0 Å². The SMILES string of the molecule is CCCCCCCCCC[n+]1csc2ccccc21.[I-]. The first-order valence-electron chi connectivity index (χ1n) is 7.77. The topological polar surface area (TPSA) is 3.88 Å². The van der Waals surface area contributed by atoms with Crippen molar-refractivity contribution in [1.29, 1.82) is 0 Å². The lowest BCUT2D eigenvalue weighted by Gasteiger charge is -1.99. The van der Waals surface area contributed by atoms with Gasteiger partial charge < -0.3 is 24.0 Å². The van der Waals surface area contributed by atoms with E-state index in [2.05, 4.69) is 41.3 Å². The molecule has 0 amide bonds. The van der Waals surface area contributed by atoms with Crippen LogP contribution in [0.25, 0.3) is 10.2 Å². The highest BCUT2D eigenvalue weighted by molar-refractivity contribution is 7.16. The summed E-state index contributed by atoms with van der Waals surface area (Å²) in [5, 5.41) is 0. The highest BCUT2D eigenvalue weighted by Gasteiger charge is 2.09. The molecule has 0 spiro atoms. The van der Waals surface area contributed by atoms with Gasteiger partial charge in [0, 0.05) is 12.5 Å². The first-order valence-corrected chi connectivity index (χ1v) is 8.65. The smallest absolute Gasteiger partial charge is 0.225 e. The minimum atomic E-state index is 0. The molecule has 0 unspecified atom stereocenters. The zero-order valence-corrected chi connectivity index (χ0v) is 15.5. The number of halogens is 1. The number of fused-ring (bicyclic) bond motifs is 1. The Balaban J connectivity index is 0.00000200. The molecule has 0 N–H and O–H groups in total. The van der Waals surface area contributed by atoms with Gasteiger partial charge in [0.05, 0.1) is 0 Å². The van der Waals surface area contributed by atoms with E-state index in [0.717, 1.165) is 0 Å². The van der Waals surface area contributed by atoms with Crippen LogP contribution in [0.1, 0.15) is 58.3 Å². The van der Waals surface area contributed by atoms with Crippen molar-refractivity contribution < 1.29 is 28.5 Å². The van der Waals surface area contributed by atoms with Gasteiger partial charge in [-0.3, -0.25) is 0 Å². The molecule has 0 aliphatic heterocycles. The van der Waals surface area contributed by atoms with Crippen LogP contribution in [-0.4, -0.2) is 0 Å². The van der Waals surface area contributed by atoms with Crippen LogP contribution in [-0.2, 0) is 6.54 Å². The summed E-state index contributed by atoms with van der Waals surface area (Å²) >= 11 is 1.85. The van der Waals surface area contributed by atoms with E-state index in [9.17, 15) is 0 Å². The van der Waals surface area contributed by atoms with Crippen LogP contribution in [0.3, 0.4) is 0 Å². The molecule has 0 saturated carbocycles. The van der Waals surface area contributed by atoms with E-state index in [-0.39, 0.29) is 24.0 Å². The fraction of sp³-hybridized carbons (Fsp3) is 0.588. The van der Waals surface area contributed by atoms with Gasteiger partial charge >= 0.3 is 0 Å². The van der Waals surface area contributed by atoms with Crippen LogP contribution >= 0.6 is 11.3 Å². The Morgan fingerprint density at radius 1 is 0.900 bits per heavy atom. The van der Waals surface area contributed by atoms with Crippen molar-refractivity contribution in [3.63, 3.8) is 0 Å². The van der Waals surface area contributed by atoms with Crippen molar-refractivity contribution in [2.24, 2.45) is 0 Å². The highest BCUT2D eigenvalue weighted by atomic mass is 127. The predicted octanol–water partition coefficient (Wildman–Crippen LogP) is 2.33. The molecule has 2 rings (SSSR count). The highest BCUT2D eigenvalue weighted by Crippen LogP contribution is 2.15. The Kier molecular flexibility index (Phi) is 9.44. The largest absolute Gasteiger partial charge is 1.00 e. The molecular formula is C17H26INS. The third kappa shape index (κ3) is 5.68. The van der Waals surface area contributed by atoms with E-state index < -0.39 is 0 Å². The number of hydrogen-bond acceptors (Lipinski definition) is 1. The minimum Gasteiger partial charge on any atom is -1.00 e. The second kappa shape index (κ2) is 10.6. The molecule has 0 atom stereocenters. The molecule has 1 aromatic heterocycles. The summed E-state index contributed by atoms with van der Waals surface area (Å²) in [5.74, 6) is 0. The average molecular weight is 403 g/mol. The van der Waals surface area contributed by atoms with E-state index in [1.165, 1.54) is 68.1 Å². The van der Waals surface area contributed by atoms with Gasteiger partial charge in [0.25, 0.3) is 0 Å². The third-order valence-corrected chi connectivity index (χ3v) is 4.69. The summed E-state index contributed by atoms with van der Waals surface area (Å²) in [6.07, 6.45) is 11.2. The number of aryl methyl sites for hydroxylation is 1. The number of nitrogens with zero attached hydrogens (tertiary/aromatic N) is 1. The fourth-order valence-electron chi connectivity index (χ4n) is 2.56. The molecule has 0 saturated heterocycles. The van der Waals surface area contributed by atoms with Gasteiger partial charge in [-0.25, -0.2) is 0 Å². The Labute approximate surface area is 144 Å². The summed E-state index contributed by atoms with van der Waals surface area (Å²) in [4.78, 5) is 0. The second-order valence-electron chi connectivity index (χ2n) is 5.36. The number of rotatable bonds is 9. The maximum Gasteiger partial charge on any atom is 0.225 e. The third-order valence-electron chi connectivity index (χ3n) is 3.73. The van der Waals surface area contributed by atoms with Gasteiger partial charge in [0.2, 0.25) is 11.0 Å². The first-order chi connectivity index (χ1) is 9.42. The number of benzene rings is 1. The summed E-state index contributed by atoms with van der Waals surface area (Å²) in [6, 6.07) is 8.71. The van der Waals surface area contributed by atoms with Crippen molar-refractivity contribution in [3.05, 3.63) is 29.8 Å². The molecule has 1 aromatic carbocycles. The Bertz CT molecular complexity index is 481. The molecule has 0 fully saturated rings. The summed E-state index contributed by atoms with van der Waals surface area (Å²) in [5.41, 5.74) is 3.67. The quantitative estimate of drug-likeness (QED) is 0.344. The van der Waals surface area contributed by atoms with E-state index in [1.807, 2.05) is 11.3 Å². The van der Waals surface area contributed by atoms with Crippen LogP contribution in [0.2, 0.25) is 0 Å². The summed E-state index contributed by atoms with van der Waals surface area (Å²) in [6.45, 7) is 3.46. The average Bonchev–Trinajstić information content (AvgIpc) is 2.85. The molecule has 0 aliphatic rings. The first kappa shape index (κ1) is 17.9. The van der Waals surface area contributed by atoms with Crippen LogP contribution in [0, 0.1) is 0 Å². The maximum atomic E-state index is 2.41. The molecule has 20 heavy (non-hydrogen) atoms. The number of unbranched alkanes of at least 4 members (excludes halogenated alkanes) is 7. The van der Waals surface area contributed by atoms with Crippen molar-refractivity contribution in [2.75, 3.05) is 0 Å². The predicted molar refractivity (Wildman–Crippen MR) is 84.6 cm³/mol. The lowest BCUT2D eigenvalue weighted by Crippen LogP contribution is -3.00. The molecule has 112 valence electrons. The molecule has 2 aromatic rings. The van der Waals surface area contributed by atoms with Gasteiger partial charge in [-0.1, -0.05) is 68.9 Å². The normalized spacial score (nSPS) is 10.7. The number of thiazole rings is 1. The van der Waals surface area contributed by atoms with Crippen molar-refractivity contribution in [1.82, 2.24) is 0 Å². The van der Waals surface area contributed by atoms with Crippen molar-refractivity contribution in [2.45, 2.75) is 64.8 Å². The molecule has 1 nitrogen and oxygen atoms in total.